The molecule has 0 heterocycles. The van der Waals surface area contributed by atoms with Crippen LogP contribution in [0.1, 0.15) is 41.4 Å². The summed E-state index contributed by atoms with van der Waals surface area (Å²) in [7, 11) is 3.91. The van der Waals surface area contributed by atoms with Crippen LogP contribution in [0.25, 0.3) is 21.9 Å². The molecule has 6 heteroatoms. The van der Waals surface area contributed by atoms with Crippen molar-refractivity contribution in [1.29, 1.82) is 0 Å². The van der Waals surface area contributed by atoms with E-state index in [4.69, 9.17) is 4.74 Å². The summed E-state index contributed by atoms with van der Waals surface area (Å²) in [5.41, 5.74) is 5.72. The van der Waals surface area contributed by atoms with Gasteiger partial charge in [-0.1, -0.05) is 60.7 Å². The van der Waals surface area contributed by atoms with Gasteiger partial charge in [0, 0.05) is 47.4 Å². The van der Waals surface area contributed by atoms with Crippen LogP contribution in [-0.2, 0) is 14.3 Å². The van der Waals surface area contributed by atoms with Crippen molar-refractivity contribution < 1.29 is 19.1 Å². The maximum absolute atomic E-state index is 13.4. The van der Waals surface area contributed by atoms with Gasteiger partial charge in [-0.15, -0.1) is 0 Å². The molecule has 4 aromatic carbocycles. The number of ketones is 2. The quantitative estimate of drug-likeness (QED) is 0.204. The Labute approximate surface area is 222 Å². The zero-order chi connectivity index (χ0) is 27.0. The number of Topliss-reactive ketones (excluding diaryl/α,β-unsaturated/α-hetero) is 1. The van der Waals surface area contributed by atoms with Crippen molar-refractivity contribution in [3.63, 3.8) is 0 Å². The van der Waals surface area contributed by atoms with Crippen molar-refractivity contribution in [2.45, 2.75) is 19.9 Å². The van der Waals surface area contributed by atoms with E-state index in [0.717, 1.165) is 38.8 Å². The second kappa shape index (κ2) is 10.1. The van der Waals surface area contributed by atoms with E-state index >= 15 is 0 Å². The summed E-state index contributed by atoms with van der Waals surface area (Å²) in [6, 6.07) is 24.4. The minimum Gasteiger partial charge on any atom is -0.465 e. The first-order valence-electron chi connectivity index (χ1n) is 12.7. The number of benzene rings is 4. The minimum atomic E-state index is -1.05. The highest BCUT2D eigenvalue weighted by Crippen LogP contribution is 2.43. The summed E-state index contributed by atoms with van der Waals surface area (Å²) in [5.74, 6) is -1.92. The van der Waals surface area contributed by atoms with E-state index in [-0.39, 0.29) is 18.2 Å². The van der Waals surface area contributed by atoms with Gasteiger partial charge in [-0.2, -0.15) is 0 Å². The molecule has 0 saturated heterocycles. The smallest absolute Gasteiger partial charge is 0.318 e. The molecule has 0 aliphatic heterocycles. The Hall–Kier alpha value is -4.45. The summed E-state index contributed by atoms with van der Waals surface area (Å²) in [6.45, 7) is 3.32. The van der Waals surface area contributed by atoms with Crippen molar-refractivity contribution in [3.05, 3.63) is 95.6 Å². The molecule has 1 aliphatic carbocycles. The minimum absolute atomic E-state index is 0.0141. The van der Waals surface area contributed by atoms with E-state index < -0.39 is 17.9 Å². The molecule has 38 heavy (non-hydrogen) atoms. The van der Waals surface area contributed by atoms with Gasteiger partial charge in [-0.25, -0.2) is 0 Å². The first-order chi connectivity index (χ1) is 18.3. The number of carbonyl (C=O) groups is 3. The largest absolute Gasteiger partial charge is 0.465 e. The summed E-state index contributed by atoms with van der Waals surface area (Å²) in [4.78, 5) is 41.2. The fourth-order valence-electron chi connectivity index (χ4n) is 5.28. The molecule has 0 aromatic heterocycles. The molecule has 1 N–H and O–H groups in total. The van der Waals surface area contributed by atoms with Gasteiger partial charge in [0.05, 0.1) is 12.6 Å². The molecule has 2 atom stereocenters. The van der Waals surface area contributed by atoms with Crippen LogP contribution >= 0.6 is 0 Å². The fourth-order valence-corrected chi connectivity index (χ4v) is 5.28. The van der Waals surface area contributed by atoms with Crippen molar-refractivity contribution in [1.82, 2.24) is 0 Å². The lowest BCUT2D eigenvalue weighted by Gasteiger charge is -2.28. The van der Waals surface area contributed by atoms with Gasteiger partial charge < -0.3 is 15.0 Å². The zero-order valence-corrected chi connectivity index (χ0v) is 21.9. The monoisotopic (exact) mass is 506 g/mol. The average molecular weight is 507 g/mol. The van der Waals surface area contributed by atoms with Gasteiger partial charge in [0.25, 0.3) is 0 Å². The van der Waals surface area contributed by atoms with Gasteiger partial charge >= 0.3 is 5.97 Å². The van der Waals surface area contributed by atoms with Gasteiger partial charge in [0.1, 0.15) is 11.7 Å². The number of hydrogen-bond donors (Lipinski definition) is 1. The molecule has 0 radical (unpaired) electrons. The van der Waals surface area contributed by atoms with E-state index in [2.05, 4.69) is 5.32 Å². The predicted molar refractivity (Wildman–Crippen MR) is 151 cm³/mol. The number of hydrogen-bond acceptors (Lipinski definition) is 6. The van der Waals surface area contributed by atoms with Crippen LogP contribution < -0.4 is 10.2 Å². The SMILES string of the molecule is CCOC(=O)C(C(C)=O)C(Nc1ccc2c3c(cccc13)C(=O)c1ccccc1-2)c1ccc(N(C)C)cc1. The van der Waals surface area contributed by atoms with Crippen LogP contribution in [0, 0.1) is 5.92 Å². The van der Waals surface area contributed by atoms with Crippen LogP contribution in [-0.4, -0.2) is 38.2 Å². The summed E-state index contributed by atoms with van der Waals surface area (Å²) in [5, 5.41) is 5.21. The normalized spacial score (nSPS) is 13.4. The standard InChI is InChI=1S/C32H30N2O4/c1-5-38-32(37)28(19(2)35)30(20-13-15-21(16-14-20)34(3)4)33-27-18-17-23-22-9-6-7-10-24(22)31(36)26-12-8-11-25(27)29(23)26/h6-18,28,30,33H,5H2,1-4H3. The van der Waals surface area contributed by atoms with Gasteiger partial charge in [0.2, 0.25) is 0 Å². The Morgan fingerprint density at radius 3 is 2.18 bits per heavy atom. The average Bonchev–Trinajstić information content (AvgIpc) is 2.91. The first-order valence-corrected chi connectivity index (χ1v) is 12.7. The second-order valence-electron chi connectivity index (χ2n) is 9.71. The lowest BCUT2D eigenvalue weighted by molar-refractivity contribution is -0.151. The number of ether oxygens (including phenoxy) is 1. The predicted octanol–water partition coefficient (Wildman–Crippen LogP) is 6.04. The Balaban J connectivity index is 1.66. The van der Waals surface area contributed by atoms with Crippen LogP contribution in [0.4, 0.5) is 11.4 Å². The number of esters is 1. The highest BCUT2D eigenvalue weighted by molar-refractivity contribution is 6.27. The fraction of sp³-hybridized carbons (Fsp3) is 0.219. The molecule has 0 amide bonds. The molecule has 6 nitrogen and oxygen atoms in total. The van der Waals surface area contributed by atoms with Crippen LogP contribution in [0.5, 0.6) is 0 Å². The second-order valence-corrected chi connectivity index (χ2v) is 9.71. The molecule has 0 spiro atoms. The van der Waals surface area contributed by atoms with Crippen molar-refractivity contribution in [3.8, 4) is 11.1 Å². The molecule has 0 fully saturated rings. The van der Waals surface area contributed by atoms with Gasteiger partial charge in [-0.05, 0) is 48.7 Å². The third-order valence-electron chi connectivity index (χ3n) is 7.14. The lowest BCUT2D eigenvalue weighted by atomic mass is 9.82. The number of carbonyl (C=O) groups excluding carboxylic acids is 3. The molecule has 0 bridgehead atoms. The molecular formula is C32H30N2O4. The Bertz CT molecular complexity index is 1560. The maximum Gasteiger partial charge on any atom is 0.318 e. The zero-order valence-electron chi connectivity index (χ0n) is 21.9. The highest BCUT2D eigenvalue weighted by Gasteiger charge is 2.36. The first kappa shape index (κ1) is 25.2. The van der Waals surface area contributed by atoms with Crippen LogP contribution in [0.15, 0.2) is 78.9 Å². The molecule has 2 unspecified atom stereocenters. The number of nitrogens with one attached hydrogen (secondary N) is 1. The van der Waals surface area contributed by atoms with Gasteiger partial charge in [-0.3, -0.25) is 14.4 Å². The topological polar surface area (TPSA) is 75.7 Å². The van der Waals surface area contributed by atoms with Crippen molar-refractivity contribution >= 4 is 39.7 Å². The number of rotatable bonds is 8. The molecule has 1 aliphatic rings. The number of nitrogens with zero attached hydrogens (tertiary/aromatic N) is 1. The lowest BCUT2D eigenvalue weighted by Crippen LogP contribution is -2.34. The van der Waals surface area contributed by atoms with E-state index in [1.165, 1.54) is 6.92 Å². The van der Waals surface area contributed by atoms with Crippen LogP contribution in [0.3, 0.4) is 0 Å². The molecule has 4 aromatic rings. The third-order valence-corrected chi connectivity index (χ3v) is 7.14. The Morgan fingerprint density at radius 2 is 1.53 bits per heavy atom. The van der Waals surface area contributed by atoms with Crippen molar-refractivity contribution in [2.75, 3.05) is 30.9 Å². The van der Waals surface area contributed by atoms with E-state index in [9.17, 15) is 14.4 Å². The van der Waals surface area contributed by atoms with Crippen molar-refractivity contribution in [2.24, 2.45) is 5.92 Å². The Morgan fingerprint density at radius 1 is 0.842 bits per heavy atom. The van der Waals surface area contributed by atoms with E-state index in [1.807, 2.05) is 97.9 Å². The summed E-state index contributed by atoms with van der Waals surface area (Å²) in [6.07, 6.45) is 0. The molecule has 0 saturated carbocycles. The maximum atomic E-state index is 13.4. The molecule has 192 valence electrons. The van der Waals surface area contributed by atoms with E-state index in [0.29, 0.717) is 11.1 Å². The summed E-state index contributed by atoms with van der Waals surface area (Å²) >= 11 is 0. The summed E-state index contributed by atoms with van der Waals surface area (Å²) < 4.78 is 5.32. The molecule has 5 rings (SSSR count). The highest BCUT2D eigenvalue weighted by atomic mass is 16.5. The number of anilines is 2. The van der Waals surface area contributed by atoms with E-state index in [1.54, 1.807) is 6.92 Å². The van der Waals surface area contributed by atoms with Gasteiger partial charge in [0.15, 0.2) is 5.78 Å². The Kier molecular flexibility index (Phi) is 6.72. The molecular weight excluding hydrogens is 476 g/mol. The van der Waals surface area contributed by atoms with Crippen LogP contribution in [0.2, 0.25) is 0 Å². The third kappa shape index (κ3) is 4.32. The number of fused-ring (bicyclic) bond motifs is 2.